The van der Waals surface area contributed by atoms with Crippen LogP contribution in [0.4, 0.5) is 0 Å². The van der Waals surface area contributed by atoms with E-state index in [2.05, 4.69) is 14.6 Å². The summed E-state index contributed by atoms with van der Waals surface area (Å²) in [7, 11) is 0. The van der Waals surface area contributed by atoms with Gasteiger partial charge in [-0.05, 0) is 69.3 Å². The van der Waals surface area contributed by atoms with Crippen molar-refractivity contribution < 1.29 is 9.47 Å². The van der Waals surface area contributed by atoms with Crippen molar-refractivity contribution in [2.24, 2.45) is 0 Å². The summed E-state index contributed by atoms with van der Waals surface area (Å²) in [6, 6.07) is 6.05. The van der Waals surface area contributed by atoms with Crippen molar-refractivity contribution in [2.45, 2.75) is 63.2 Å². The lowest BCUT2D eigenvalue weighted by Crippen LogP contribution is -2.37. The SMILES string of the molecule is CCOc1ccc(SNCCCN2CCOCC2)cc1-c1nn2c(C3CCCC3)nc(CC)c2c(=O)[nH]1. The van der Waals surface area contributed by atoms with Crippen LogP contribution >= 0.6 is 11.9 Å². The Morgan fingerprint density at radius 3 is 2.78 bits per heavy atom. The number of hydrogen-bond donors (Lipinski definition) is 2. The summed E-state index contributed by atoms with van der Waals surface area (Å²) < 4.78 is 16.6. The van der Waals surface area contributed by atoms with Gasteiger partial charge < -0.3 is 14.5 Å². The number of fused-ring (bicyclic) bond motifs is 1. The van der Waals surface area contributed by atoms with E-state index in [-0.39, 0.29) is 5.56 Å². The molecule has 2 aromatic heterocycles. The standard InChI is InChI=1S/C27H38N6O3S/c1-3-22-24-27(34)30-25(31-33(24)26(29-22)19-8-5-6-9-19)21-18-20(10-11-23(21)36-4-2)37-28-12-7-13-32-14-16-35-17-15-32/h10-11,18-19,28H,3-9,12-17H2,1-2H3,(H,30,31,34). The number of rotatable bonds is 11. The number of H-pyrrole nitrogens is 1. The van der Waals surface area contributed by atoms with Gasteiger partial charge in [0.15, 0.2) is 11.3 Å². The first-order chi connectivity index (χ1) is 18.2. The minimum absolute atomic E-state index is 0.152. The molecule has 2 N–H and O–H groups in total. The third-order valence-corrected chi connectivity index (χ3v) is 8.04. The van der Waals surface area contributed by atoms with Crippen LogP contribution in [0.2, 0.25) is 0 Å². The maximum Gasteiger partial charge on any atom is 0.277 e. The third-order valence-electron chi connectivity index (χ3n) is 7.21. The smallest absolute Gasteiger partial charge is 0.277 e. The number of benzene rings is 1. The molecule has 37 heavy (non-hydrogen) atoms. The van der Waals surface area contributed by atoms with E-state index in [4.69, 9.17) is 19.6 Å². The van der Waals surface area contributed by atoms with Gasteiger partial charge in [0, 0.05) is 30.4 Å². The predicted molar refractivity (Wildman–Crippen MR) is 147 cm³/mol. The maximum atomic E-state index is 13.3. The fourth-order valence-corrected chi connectivity index (χ4v) is 6.01. The van der Waals surface area contributed by atoms with Crippen LogP contribution in [-0.2, 0) is 11.2 Å². The molecule has 0 bridgehead atoms. The number of nitrogens with zero attached hydrogens (tertiary/aromatic N) is 4. The van der Waals surface area contributed by atoms with Crippen molar-refractivity contribution in [2.75, 3.05) is 46.0 Å². The molecule has 9 nitrogen and oxygen atoms in total. The van der Waals surface area contributed by atoms with Crippen LogP contribution in [0.3, 0.4) is 0 Å². The minimum atomic E-state index is -0.152. The highest BCUT2D eigenvalue weighted by molar-refractivity contribution is 7.97. The molecular formula is C27H38N6O3S. The largest absolute Gasteiger partial charge is 0.493 e. The van der Waals surface area contributed by atoms with Crippen LogP contribution in [0.1, 0.15) is 63.4 Å². The van der Waals surface area contributed by atoms with Gasteiger partial charge in [-0.2, -0.15) is 0 Å². The molecule has 1 aliphatic carbocycles. The molecule has 5 rings (SSSR count). The molecule has 0 radical (unpaired) electrons. The average molecular weight is 527 g/mol. The monoisotopic (exact) mass is 526 g/mol. The fraction of sp³-hybridized carbons (Fsp3) is 0.593. The molecule has 1 aromatic carbocycles. The van der Waals surface area contributed by atoms with E-state index in [1.807, 2.05) is 36.6 Å². The minimum Gasteiger partial charge on any atom is -0.493 e. The van der Waals surface area contributed by atoms with Gasteiger partial charge in [0.2, 0.25) is 0 Å². The summed E-state index contributed by atoms with van der Waals surface area (Å²) in [5.74, 6) is 2.49. The lowest BCUT2D eigenvalue weighted by atomic mass is 10.1. The zero-order chi connectivity index (χ0) is 25.6. The number of morpholine rings is 1. The molecule has 0 atom stereocenters. The number of aryl methyl sites for hydroxylation is 1. The Morgan fingerprint density at radius 2 is 2.03 bits per heavy atom. The van der Waals surface area contributed by atoms with E-state index in [0.717, 1.165) is 80.6 Å². The Labute approximate surface area is 222 Å². The van der Waals surface area contributed by atoms with Gasteiger partial charge in [-0.1, -0.05) is 19.8 Å². The van der Waals surface area contributed by atoms with Gasteiger partial charge in [0.1, 0.15) is 11.6 Å². The molecule has 1 saturated heterocycles. The van der Waals surface area contributed by atoms with E-state index in [1.54, 1.807) is 11.9 Å². The Bertz CT molecular complexity index is 1250. The molecule has 1 saturated carbocycles. The van der Waals surface area contributed by atoms with Crippen LogP contribution in [0.5, 0.6) is 5.75 Å². The molecule has 2 fully saturated rings. The zero-order valence-corrected chi connectivity index (χ0v) is 22.7. The van der Waals surface area contributed by atoms with Crippen molar-refractivity contribution in [3.63, 3.8) is 0 Å². The first kappa shape index (κ1) is 26.2. The number of aromatic amines is 1. The molecule has 0 spiro atoms. The van der Waals surface area contributed by atoms with Crippen molar-refractivity contribution in [3.8, 4) is 17.1 Å². The second kappa shape index (κ2) is 12.4. The Balaban J connectivity index is 1.38. The Hall–Kier alpha value is -2.40. The Kier molecular flexibility index (Phi) is 8.81. The third kappa shape index (κ3) is 6.03. The van der Waals surface area contributed by atoms with E-state index in [9.17, 15) is 4.79 Å². The summed E-state index contributed by atoms with van der Waals surface area (Å²) in [6.45, 7) is 10.2. The molecule has 3 aromatic rings. The van der Waals surface area contributed by atoms with Gasteiger partial charge in [-0.3, -0.25) is 14.4 Å². The summed E-state index contributed by atoms with van der Waals surface area (Å²) in [4.78, 5) is 24.7. The van der Waals surface area contributed by atoms with E-state index < -0.39 is 0 Å². The molecule has 1 aliphatic heterocycles. The number of aromatic nitrogens is 4. The second-order valence-corrected chi connectivity index (χ2v) is 10.7. The van der Waals surface area contributed by atoms with Crippen LogP contribution in [-0.4, -0.2) is 70.5 Å². The summed E-state index contributed by atoms with van der Waals surface area (Å²) in [5, 5.41) is 4.94. The first-order valence-corrected chi connectivity index (χ1v) is 14.5. The van der Waals surface area contributed by atoms with Gasteiger partial charge >= 0.3 is 0 Å². The summed E-state index contributed by atoms with van der Waals surface area (Å²) in [5.41, 5.74) is 2.02. The molecule has 0 unspecified atom stereocenters. The van der Waals surface area contributed by atoms with Crippen molar-refractivity contribution in [1.29, 1.82) is 0 Å². The van der Waals surface area contributed by atoms with Crippen molar-refractivity contribution in [1.82, 2.24) is 29.2 Å². The number of nitrogens with one attached hydrogen (secondary N) is 2. The summed E-state index contributed by atoms with van der Waals surface area (Å²) in [6.07, 6.45) is 6.37. The lowest BCUT2D eigenvalue weighted by molar-refractivity contribution is 0.0376. The lowest BCUT2D eigenvalue weighted by Gasteiger charge is -2.26. The van der Waals surface area contributed by atoms with E-state index in [1.165, 1.54) is 12.8 Å². The highest BCUT2D eigenvalue weighted by Crippen LogP contribution is 2.35. The molecule has 10 heteroatoms. The maximum absolute atomic E-state index is 13.3. The van der Waals surface area contributed by atoms with Gasteiger partial charge in [-0.25, -0.2) is 9.50 Å². The molecule has 3 heterocycles. The molecule has 0 amide bonds. The van der Waals surface area contributed by atoms with Gasteiger partial charge in [-0.15, -0.1) is 5.10 Å². The number of imidazole rings is 1. The van der Waals surface area contributed by atoms with E-state index in [0.29, 0.717) is 36.0 Å². The van der Waals surface area contributed by atoms with Crippen molar-refractivity contribution in [3.05, 3.63) is 40.1 Å². The number of hydrogen-bond acceptors (Lipinski definition) is 8. The molecule has 2 aliphatic rings. The van der Waals surface area contributed by atoms with Crippen LogP contribution in [0.15, 0.2) is 27.9 Å². The van der Waals surface area contributed by atoms with Crippen molar-refractivity contribution >= 4 is 17.5 Å². The molecule has 200 valence electrons. The highest BCUT2D eigenvalue weighted by Gasteiger charge is 2.26. The first-order valence-electron chi connectivity index (χ1n) is 13.7. The zero-order valence-electron chi connectivity index (χ0n) is 21.9. The second-order valence-electron chi connectivity index (χ2n) is 9.71. The van der Waals surface area contributed by atoms with E-state index >= 15 is 0 Å². The molecular weight excluding hydrogens is 488 g/mol. The van der Waals surface area contributed by atoms with Gasteiger partial charge in [0.25, 0.3) is 5.56 Å². The van der Waals surface area contributed by atoms with Gasteiger partial charge in [0.05, 0.1) is 31.1 Å². The quantitative estimate of drug-likeness (QED) is 0.286. The average Bonchev–Trinajstić information content (AvgIpc) is 3.58. The number of ether oxygens (including phenoxy) is 2. The van der Waals surface area contributed by atoms with Crippen LogP contribution in [0.25, 0.3) is 16.9 Å². The van der Waals surface area contributed by atoms with Crippen LogP contribution < -0.4 is 15.0 Å². The highest BCUT2D eigenvalue weighted by atomic mass is 32.2. The fourth-order valence-electron chi connectivity index (χ4n) is 5.28. The normalized spacial score (nSPS) is 17.1. The predicted octanol–water partition coefficient (Wildman–Crippen LogP) is 4.02. The Morgan fingerprint density at radius 1 is 1.22 bits per heavy atom. The summed E-state index contributed by atoms with van der Waals surface area (Å²) >= 11 is 1.59. The van der Waals surface area contributed by atoms with Crippen LogP contribution in [0, 0.1) is 0 Å². The topological polar surface area (TPSA) is 96.8 Å².